The minimum absolute atomic E-state index is 0. The minimum atomic E-state index is 0. The van der Waals surface area contributed by atoms with Crippen LogP contribution in [-0.2, 0) is 19.5 Å². The van der Waals surface area contributed by atoms with Crippen molar-refractivity contribution in [2.75, 3.05) is 7.05 Å². The number of halogens is 2. The monoisotopic (exact) mass is 490 g/mol. The maximum atomic E-state index is 5.99. The number of aliphatic imine (C=N–C) groups is 1. The second-order valence-corrected chi connectivity index (χ2v) is 6.83. The average molecular weight is 491 g/mol. The van der Waals surface area contributed by atoms with E-state index in [-0.39, 0.29) is 24.0 Å². The molecule has 3 rings (SSSR count). The largest absolute Gasteiger partial charge is 0.351 e. The number of pyridine rings is 1. The van der Waals surface area contributed by atoms with Gasteiger partial charge >= 0.3 is 0 Å². The van der Waals surface area contributed by atoms with Gasteiger partial charge in [-0.25, -0.2) is 9.97 Å². The molecule has 0 saturated carbocycles. The Hall–Kier alpha value is -1.39. The average Bonchev–Trinajstić information content (AvgIpc) is 3.20. The van der Waals surface area contributed by atoms with E-state index in [1.807, 2.05) is 35.1 Å². The number of nitrogens with zero attached hydrogens (tertiary/aromatic N) is 4. The van der Waals surface area contributed by atoms with Crippen LogP contribution in [0.3, 0.4) is 0 Å². The number of thiazole rings is 1. The van der Waals surface area contributed by atoms with Gasteiger partial charge in [-0.2, -0.15) is 0 Å². The molecular weight excluding hydrogens is 471 g/mol. The van der Waals surface area contributed by atoms with Crippen molar-refractivity contribution >= 4 is 58.5 Å². The van der Waals surface area contributed by atoms with Crippen molar-refractivity contribution in [2.45, 2.75) is 26.4 Å². The summed E-state index contributed by atoms with van der Waals surface area (Å²) in [5, 5.41) is 8.27. The maximum Gasteiger partial charge on any atom is 0.191 e. The van der Waals surface area contributed by atoms with E-state index in [1.54, 1.807) is 18.4 Å². The summed E-state index contributed by atoms with van der Waals surface area (Å²) in [4.78, 5) is 14.5. The molecule has 0 spiro atoms. The van der Waals surface area contributed by atoms with Gasteiger partial charge in [0, 0.05) is 30.5 Å². The number of aryl methyl sites for hydroxylation is 1. The molecule has 6 nitrogen and oxygen atoms in total. The number of nitrogens with one attached hydrogen (secondary N) is 2. The minimum Gasteiger partial charge on any atom is -0.351 e. The molecule has 25 heavy (non-hydrogen) atoms. The van der Waals surface area contributed by atoms with E-state index < -0.39 is 0 Å². The number of aromatic nitrogens is 3. The summed E-state index contributed by atoms with van der Waals surface area (Å²) in [6, 6.07) is 3.73. The molecule has 0 aliphatic carbocycles. The summed E-state index contributed by atoms with van der Waals surface area (Å²) in [5.74, 6) is 0.721. The lowest BCUT2D eigenvalue weighted by Crippen LogP contribution is -2.36. The Morgan fingerprint density at radius 3 is 2.80 bits per heavy atom. The standard InChI is InChI=1S/C16H19ClN6S.HI/c1-3-13-7-19-15(24-13)8-21-16(18-2)20-6-12-10-23-9-11(17)4-5-14(23)22-12;/h4-5,7,9-10H,3,6,8H2,1-2H3,(H2,18,20,21);1H. The summed E-state index contributed by atoms with van der Waals surface area (Å²) in [6.07, 6.45) is 6.74. The summed E-state index contributed by atoms with van der Waals surface area (Å²) in [6.45, 7) is 3.37. The van der Waals surface area contributed by atoms with Crippen molar-refractivity contribution in [3.05, 3.63) is 51.3 Å². The van der Waals surface area contributed by atoms with E-state index in [2.05, 4.69) is 32.5 Å². The fraction of sp³-hybridized carbons (Fsp3) is 0.312. The van der Waals surface area contributed by atoms with E-state index in [0.29, 0.717) is 18.1 Å². The highest BCUT2D eigenvalue weighted by molar-refractivity contribution is 14.0. The zero-order valence-electron chi connectivity index (χ0n) is 14.0. The molecule has 0 aliphatic rings. The van der Waals surface area contributed by atoms with Crippen LogP contribution in [0.2, 0.25) is 5.02 Å². The van der Waals surface area contributed by atoms with E-state index in [4.69, 9.17) is 11.6 Å². The van der Waals surface area contributed by atoms with Crippen molar-refractivity contribution in [3.63, 3.8) is 0 Å². The number of hydrogen-bond acceptors (Lipinski definition) is 4. The van der Waals surface area contributed by atoms with Crippen LogP contribution >= 0.6 is 46.9 Å². The summed E-state index contributed by atoms with van der Waals surface area (Å²) in [7, 11) is 1.75. The zero-order valence-corrected chi connectivity index (χ0v) is 17.9. The van der Waals surface area contributed by atoms with E-state index in [1.165, 1.54) is 4.88 Å². The van der Waals surface area contributed by atoms with Crippen LogP contribution in [0.5, 0.6) is 0 Å². The fourth-order valence-electron chi connectivity index (χ4n) is 2.25. The number of hydrogen-bond donors (Lipinski definition) is 2. The lowest BCUT2D eigenvalue weighted by atomic mass is 10.4. The summed E-state index contributed by atoms with van der Waals surface area (Å²) < 4.78 is 1.91. The molecule has 134 valence electrons. The van der Waals surface area contributed by atoms with Gasteiger partial charge in [-0.1, -0.05) is 18.5 Å². The lowest BCUT2D eigenvalue weighted by Gasteiger charge is -2.09. The first-order chi connectivity index (χ1) is 11.7. The molecule has 0 aliphatic heterocycles. The number of imidazole rings is 1. The van der Waals surface area contributed by atoms with E-state index >= 15 is 0 Å². The second-order valence-electron chi connectivity index (χ2n) is 5.20. The third kappa shape index (κ3) is 5.29. The van der Waals surface area contributed by atoms with Crippen molar-refractivity contribution in [1.82, 2.24) is 25.0 Å². The Balaban J connectivity index is 0.00000225. The summed E-state index contributed by atoms with van der Waals surface area (Å²) >= 11 is 7.71. The van der Waals surface area contributed by atoms with Gasteiger partial charge in [0.2, 0.25) is 0 Å². The van der Waals surface area contributed by atoms with Crippen LogP contribution in [0.15, 0.2) is 35.7 Å². The fourth-order valence-corrected chi connectivity index (χ4v) is 3.22. The lowest BCUT2D eigenvalue weighted by molar-refractivity contribution is 0.795. The van der Waals surface area contributed by atoms with Crippen LogP contribution in [0.1, 0.15) is 22.5 Å². The molecule has 0 aromatic carbocycles. The van der Waals surface area contributed by atoms with Crippen molar-refractivity contribution < 1.29 is 0 Å². The third-order valence-electron chi connectivity index (χ3n) is 3.48. The Labute approximate surface area is 172 Å². The van der Waals surface area contributed by atoms with Gasteiger partial charge in [0.25, 0.3) is 0 Å². The number of guanidine groups is 1. The highest BCUT2D eigenvalue weighted by Crippen LogP contribution is 2.13. The zero-order chi connectivity index (χ0) is 16.9. The van der Waals surface area contributed by atoms with Crippen molar-refractivity contribution in [3.8, 4) is 0 Å². The van der Waals surface area contributed by atoms with Gasteiger partial charge in [-0.3, -0.25) is 4.99 Å². The van der Waals surface area contributed by atoms with Gasteiger partial charge in [0.15, 0.2) is 5.96 Å². The molecule has 0 saturated heterocycles. The molecule has 0 radical (unpaired) electrons. The molecule has 0 amide bonds. The SMILES string of the molecule is CCc1cnc(CNC(=NC)NCc2cn3cc(Cl)ccc3n2)s1.I. The van der Waals surface area contributed by atoms with Gasteiger partial charge in [-0.05, 0) is 18.6 Å². The molecule has 0 bridgehead atoms. The van der Waals surface area contributed by atoms with Gasteiger partial charge in [0.1, 0.15) is 10.7 Å². The third-order valence-corrected chi connectivity index (χ3v) is 4.85. The topological polar surface area (TPSA) is 66.6 Å². The molecule has 2 N–H and O–H groups in total. The van der Waals surface area contributed by atoms with Crippen LogP contribution in [-0.4, -0.2) is 27.4 Å². The molecule has 3 aromatic rings. The first kappa shape index (κ1) is 19.9. The normalized spacial score (nSPS) is 11.4. The smallest absolute Gasteiger partial charge is 0.191 e. The maximum absolute atomic E-state index is 5.99. The van der Waals surface area contributed by atoms with Crippen molar-refractivity contribution in [1.29, 1.82) is 0 Å². The first-order valence-corrected chi connectivity index (χ1v) is 8.88. The predicted octanol–water partition coefficient (Wildman–Crippen LogP) is 3.49. The Kier molecular flexibility index (Phi) is 7.45. The Morgan fingerprint density at radius 2 is 2.08 bits per heavy atom. The van der Waals surface area contributed by atoms with E-state index in [9.17, 15) is 0 Å². The van der Waals surface area contributed by atoms with Crippen LogP contribution in [0.4, 0.5) is 0 Å². The molecule has 0 unspecified atom stereocenters. The van der Waals surface area contributed by atoms with Gasteiger partial charge in [0.05, 0.1) is 23.8 Å². The van der Waals surface area contributed by atoms with Crippen molar-refractivity contribution in [2.24, 2.45) is 4.99 Å². The molecule has 9 heteroatoms. The van der Waals surface area contributed by atoms with Gasteiger partial charge < -0.3 is 15.0 Å². The molecule has 0 atom stereocenters. The highest BCUT2D eigenvalue weighted by Gasteiger charge is 2.05. The van der Waals surface area contributed by atoms with Crippen LogP contribution in [0.25, 0.3) is 5.65 Å². The molecule has 3 heterocycles. The molecular formula is C16H20ClIN6S. The molecule has 3 aromatic heterocycles. The number of rotatable bonds is 5. The second kappa shape index (κ2) is 9.35. The highest BCUT2D eigenvalue weighted by atomic mass is 127. The Morgan fingerprint density at radius 1 is 1.28 bits per heavy atom. The van der Waals surface area contributed by atoms with Crippen LogP contribution in [0, 0.1) is 0 Å². The van der Waals surface area contributed by atoms with Gasteiger partial charge in [-0.15, -0.1) is 35.3 Å². The quantitative estimate of drug-likeness (QED) is 0.326. The number of fused-ring (bicyclic) bond motifs is 1. The summed E-state index contributed by atoms with van der Waals surface area (Å²) in [5.41, 5.74) is 1.79. The predicted molar refractivity (Wildman–Crippen MR) is 114 cm³/mol. The van der Waals surface area contributed by atoms with Crippen LogP contribution < -0.4 is 10.6 Å². The Bertz CT molecular complexity index is 859. The van der Waals surface area contributed by atoms with E-state index in [0.717, 1.165) is 28.7 Å². The molecule has 0 fully saturated rings. The first-order valence-electron chi connectivity index (χ1n) is 7.69.